The fraction of sp³-hybridized carbons (Fsp3) is 0.333. The van der Waals surface area contributed by atoms with Gasteiger partial charge in [0.25, 0.3) is 0 Å². The van der Waals surface area contributed by atoms with Gasteiger partial charge >= 0.3 is 6.18 Å². The summed E-state index contributed by atoms with van der Waals surface area (Å²) < 4.78 is 49.2. The van der Waals surface area contributed by atoms with Crippen molar-refractivity contribution in [1.82, 2.24) is 4.90 Å². The zero-order valence-corrected chi connectivity index (χ0v) is 13.4. The summed E-state index contributed by atoms with van der Waals surface area (Å²) in [6, 6.07) is 10.6. The number of benzene rings is 2. The number of rotatable bonds is 3. The molecule has 0 fully saturated rings. The van der Waals surface area contributed by atoms with Crippen LogP contribution in [0.5, 0.6) is 11.5 Å². The van der Waals surface area contributed by atoms with E-state index in [-0.39, 0.29) is 6.10 Å². The van der Waals surface area contributed by atoms with Crippen LogP contribution in [0.4, 0.5) is 13.2 Å². The minimum absolute atomic E-state index is 0.259. The Balaban J connectivity index is 1.85. The van der Waals surface area contributed by atoms with Gasteiger partial charge in [0.15, 0.2) is 0 Å². The molecule has 0 saturated carbocycles. The first-order valence-electron chi connectivity index (χ1n) is 7.56. The molecule has 1 atom stereocenters. The number of alkyl halides is 3. The Bertz CT molecular complexity index is 713. The molecule has 1 heterocycles. The Kier molecular flexibility index (Phi) is 4.41. The molecule has 128 valence electrons. The van der Waals surface area contributed by atoms with E-state index in [1.807, 2.05) is 25.2 Å². The number of halogens is 3. The smallest absolute Gasteiger partial charge is 0.416 e. The van der Waals surface area contributed by atoms with Gasteiger partial charge in [-0.25, -0.2) is 0 Å². The van der Waals surface area contributed by atoms with Crippen LogP contribution in [0.3, 0.4) is 0 Å². The molecule has 1 aliphatic heterocycles. The van der Waals surface area contributed by atoms with Crippen LogP contribution in [0, 0.1) is 0 Å². The molecule has 0 spiro atoms. The van der Waals surface area contributed by atoms with Crippen molar-refractivity contribution >= 4 is 0 Å². The van der Waals surface area contributed by atoms with Gasteiger partial charge in [-0.3, -0.25) is 4.90 Å². The highest BCUT2D eigenvalue weighted by Crippen LogP contribution is 2.34. The molecule has 6 heteroatoms. The van der Waals surface area contributed by atoms with E-state index in [0.717, 1.165) is 35.6 Å². The molecule has 0 radical (unpaired) electrons. The van der Waals surface area contributed by atoms with Gasteiger partial charge in [0.05, 0.1) is 12.7 Å². The molecule has 0 amide bonds. The second-order valence-corrected chi connectivity index (χ2v) is 5.89. The molecule has 1 unspecified atom stereocenters. The Morgan fingerprint density at radius 1 is 1.04 bits per heavy atom. The minimum atomic E-state index is -4.34. The largest absolute Gasteiger partial charge is 0.497 e. The molecule has 0 bridgehead atoms. The van der Waals surface area contributed by atoms with Crippen molar-refractivity contribution in [3.63, 3.8) is 0 Å². The number of hydrogen-bond acceptors (Lipinski definition) is 3. The third kappa shape index (κ3) is 3.48. The molecule has 0 N–H and O–H groups in total. The highest BCUT2D eigenvalue weighted by atomic mass is 19.4. The van der Waals surface area contributed by atoms with E-state index in [4.69, 9.17) is 9.47 Å². The first-order valence-corrected chi connectivity index (χ1v) is 7.56. The molecule has 2 aromatic rings. The predicted octanol–water partition coefficient (Wildman–Crippen LogP) is 4.28. The van der Waals surface area contributed by atoms with E-state index in [1.165, 1.54) is 12.1 Å². The number of fused-ring (bicyclic) bond motifs is 1. The first-order chi connectivity index (χ1) is 11.4. The van der Waals surface area contributed by atoms with Crippen LogP contribution in [0.1, 0.15) is 22.8 Å². The van der Waals surface area contributed by atoms with E-state index in [1.54, 1.807) is 7.11 Å². The lowest BCUT2D eigenvalue weighted by Crippen LogP contribution is -2.33. The third-order valence-corrected chi connectivity index (χ3v) is 4.08. The molecule has 0 saturated heterocycles. The van der Waals surface area contributed by atoms with Crippen LogP contribution in [0.2, 0.25) is 0 Å². The molecule has 0 aliphatic carbocycles. The highest BCUT2D eigenvalue weighted by Gasteiger charge is 2.30. The van der Waals surface area contributed by atoms with Gasteiger partial charge in [-0.1, -0.05) is 6.07 Å². The van der Waals surface area contributed by atoms with Gasteiger partial charge < -0.3 is 9.47 Å². The molecular weight excluding hydrogens is 319 g/mol. The third-order valence-electron chi connectivity index (χ3n) is 4.08. The van der Waals surface area contributed by atoms with Crippen molar-refractivity contribution in [3.8, 4) is 11.5 Å². The zero-order valence-electron chi connectivity index (χ0n) is 13.4. The van der Waals surface area contributed by atoms with E-state index in [2.05, 4.69) is 4.90 Å². The normalized spacial score (nSPS) is 18.1. The van der Waals surface area contributed by atoms with Crippen LogP contribution < -0.4 is 9.47 Å². The maximum Gasteiger partial charge on any atom is 0.416 e. The van der Waals surface area contributed by atoms with E-state index < -0.39 is 11.7 Å². The average molecular weight is 337 g/mol. The Morgan fingerprint density at radius 3 is 2.33 bits per heavy atom. The number of methoxy groups -OCH3 is 1. The summed E-state index contributed by atoms with van der Waals surface area (Å²) in [5.74, 6) is 1.15. The van der Waals surface area contributed by atoms with Gasteiger partial charge in [0.1, 0.15) is 17.6 Å². The van der Waals surface area contributed by atoms with Gasteiger partial charge in [-0.15, -0.1) is 0 Å². The van der Waals surface area contributed by atoms with Crippen LogP contribution in [-0.2, 0) is 12.7 Å². The standard InChI is InChI=1S/C18H18F3NO2/c1-22-10-12-3-6-15(23-2)9-16(12)17(11-22)24-14-7-4-13(5-8-14)18(19,20)21/h3-9,17H,10-11H2,1-2H3. The van der Waals surface area contributed by atoms with Gasteiger partial charge in [-0.05, 0) is 49.0 Å². The Labute approximate surface area is 138 Å². The van der Waals surface area contributed by atoms with Crippen LogP contribution >= 0.6 is 0 Å². The van der Waals surface area contributed by atoms with E-state index >= 15 is 0 Å². The zero-order chi connectivity index (χ0) is 17.3. The fourth-order valence-electron chi connectivity index (χ4n) is 2.87. The maximum atomic E-state index is 12.6. The molecule has 24 heavy (non-hydrogen) atoms. The molecule has 2 aromatic carbocycles. The van der Waals surface area contributed by atoms with E-state index in [9.17, 15) is 13.2 Å². The SMILES string of the molecule is COc1ccc2c(c1)C(Oc1ccc(C(F)(F)F)cc1)CN(C)C2. The van der Waals surface area contributed by atoms with Crippen molar-refractivity contribution in [2.45, 2.75) is 18.8 Å². The first kappa shape index (κ1) is 16.6. The van der Waals surface area contributed by atoms with Crippen molar-refractivity contribution < 1.29 is 22.6 Å². The van der Waals surface area contributed by atoms with Crippen molar-refractivity contribution in [1.29, 1.82) is 0 Å². The Morgan fingerprint density at radius 2 is 1.71 bits per heavy atom. The number of ether oxygens (including phenoxy) is 2. The predicted molar refractivity (Wildman–Crippen MR) is 84.1 cm³/mol. The summed E-state index contributed by atoms with van der Waals surface area (Å²) in [5.41, 5.74) is 1.45. The Hall–Kier alpha value is -2.21. The topological polar surface area (TPSA) is 21.7 Å². The lowest BCUT2D eigenvalue weighted by atomic mass is 9.97. The quantitative estimate of drug-likeness (QED) is 0.834. The number of hydrogen-bond donors (Lipinski definition) is 0. The second-order valence-electron chi connectivity index (χ2n) is 5.89. The monoisotopic (exact) mass is 337 g/mol. The average Bonchev–Trinajstić information content (AvgIpc) is 2.54. The fourth-order valence-corrected chi connectivity index (χ4v) is 2.87. The molecule has 0 aromatic heterocycles. The highest BCUT2D eigenvalue weighted by molar-refractivity contribution is 5.39. The van der Waals surface area contributed by atoms with E-state index in [0.29, 0.717) is 12.3 Å². The van der Waals surface area contributed by atoms with Crippen molar-refractivity contribution in [2.75, 3.05) is 20.7 Å². The molecule has 1 aliphatic rings. The number of likely N-dealkylation sites (N-methyl/N-ethyl adjacent to an activating group) is 1. The minimum Gasteiger partial charge on any atom is -0.497 e. The lowest BCUT2D eigenvalue weighted by molar-refractivity contribution is -0.137. The van der Waals surface area contributed by atoms with Gasteiger partial charge in [0.2, 0.25) is 0 Å². The molecule has 3 rings (SSSR count). The van der Waals surface area contributed by atoms with Crippen LogP contribution in [0.25, 0.3) is 0 Å². The maximum absolute atomic E-state index is 12.6. The summed E-state index contributed by atoms with van der Waals surface area (Å²) in [6.45, 7) is 1.45. The molecular formula is C18H18F3NO2. The lowest BCUT2D eigenvalue weighted by Gasteiger charge is -2.32. The molecule has 3 nitrogen and oxygen atoms in total. The van der Waals surface area contributed by atoms with Crippen molar-refractivity contribution in [2.24, 2.45) is 0 Å². The second kappa shape index (κ2) is 6.36. The summed E-state index contributed by atoms with van der Waals surface area (Å²) >= 11 is 0. The van der Waals surface area contributed by atoms with Crippen LogP contribution in [0.15, 0.2) is 42.5 Å². The van der Waals surface area contributed by atoms with Crippen LogP contribution in [-0.4, -0.2) is 25.6 Å². The summed E-state index contributed by atoms with van der Waals surface area (Å²) in [6.07, 6.45) is -4.60. The summed E-state index contributed by atoms with van der Waals surface area (Å²) in [5, 5.41) is 0. The van der Waals surface area contributed by atoms with Gasteiger partial charge in [-0.2, -0.15) is 13.2 Å². The summed E-state index contributed by atoms with van der Waals surface area (Å²) in [7, 11) is 3.58. The van der Waals surface area contributed by atoms with Crippen molar-refractivity contribution in [3.05, 3.63) is 59.2 Å². The summed E-state index contributed by atoms with van der Waals surface area (Å²) in [4.78, 5) is 2.11. The number of nitrogens with zero attached hydrogens (tertiary/aromatic N) is 1. The van der Waals surface area contributed by atoms with Gasteiger partial charge in [0, 0.05) is 18.7 Å².